The van der Waals surface area contributed by atoms with Gasteiger partial charge in [0.05, 0.1) is 12.6 Å². The number of nitrogens with one attached hydrogen (secondary N) is 2. The minimum absolute atomic E-state index is 0.0176. The Kier molecular flexibility index (Phi) is 7.26. The SMILES string of the molecule is CC(C)c1ccc(C(NC(=O)CNC(=O)CC2CCCC2)c2cccs2)cc1. The van der Waals surface area contributed by atoms with Gasteiger partial charge in [-0.05, 0) is 47.3 Å². The Balaban J connectivity index is 1.59. The molecule has 1 aromatic carbocycles. The normalized spacial score (nSPS) is 15.5. The molecule has 0 spiro atoms. The van der Waals surface area contributed by atoms with Crippen LogP contribution in [0.15, 0.2) is 41.8 Å². The first-order valence-corrected chi connectivity index (χ1v) is 11.1. The van der Waals surface area contributed by atoms with Crippen molar-refractivity contribution < 1.29 is 9.59 Å². The van der Waals surface area contributed by atoms with Gasteiger partial charge in [-0.2, -0.15) is 0 Å². The van der Waals surface area contributed by atoms with Crippen molar-refractivity contribution in [1.29, 1.82) is 0 Å². The third-order valence-corrected chi connectivity index (χ3v) is 6.40. The van der Waals surface area contributed by atoms with Gasteiger partial charge in [0.1, 0.15) is 0 Å². The molecule has 3 rings (SSSR count). The van der Waals surface area contributed by atoms with Crippen molar-refractivity contribution in [3.63, 3.8) is 0 Å². The third kappa shape index (κ3) is 5.68. The molecule has 150 valence electrons. The van der Waals surface area contributed by atoms with Crippen molar-refractivity contribution in [3.05, 3.63) is 57.8 Å². The average Bonchev–Trinajstić information content (AvgIpc) is 3.38. The van der Waals surface area contributed by atoms with E-state index < -0.39 is 0 Å². The fourth-order valence-electron chi connectivity index (χ4n) is 3.79. The van der Waals surface area contributed by atoms with Crippen LogP contribution in [0.5, 0.6) is 0 Å². The van der Waals surface area contributed by atoms with Crippen LogP contribution < -0.4 is 10.6 Å². The summed E-state index contributed by atoms with van der Waals surface area (Å²) in [5, 5.41) is 7.89. The highest BCUT2D eigenvalue weighted by atomic mass is 32.1. The summed E-state index contributed by atoms with van der Waals surface area (Å²) in [4.78, 5) is 25.7. The number of carbonyl (C=O) groups excluding carboxylic acids is 2. The van der Waals surface area contributed by atoms with Crippen LogP contribution in [0.4, 0.5) is 0 Å². The Hall–Kier alpha value is -2.14. The Morgan fingerprint density at radius 3 is 2.32 bits per heavy atom. The van der Waals surface area contributed by atoms with E-state index in [9.17, 15) is 9.59 Å². The molecule has 1 fully saturated rings. The molecule has 0 bridgehead atoms. The fourth-order valence-corrected chi connectivity index (χ4v) is 4.59. The van der Waals surface area contributed by atoms with Gasteiger partial charge in [-0.3, -0.25) is 9.59 Å². The third-order valence-electron chi connectivity index (χ3n) is 5.46. The fraction of sp³-hybridized carbons (Fsp3) is 0.478. The number of carbonyl (C=O) groups is 2. The molecule has 1 aliphatic rings. The summed E-state index contributed by atoms with van der Waals surface area (Å²) in [6.07, 6.45) is 5.24. The monoisotopic (exact) mass is 398 g/mol. The smallest absolute Gasteiger partial charge is 0.240 e. The van der Waals surface area contributed by atoms with Crippen molar-refractivity contribution >= 4 is 23.2 Å². The van der Waals surface area contributed by atoms with Gasteiger partial charge >= 0.3 is 0 Å². The highest BCUT2D eigenvalue weighted by Crippen LogP contribution is 2.28. The average molecular weight is 399 g/mol. The largest absolute Gasteiger partial charge is 0.347 e. The van der Waals surface area contributed by atoms with Crippen molar-refractivity contribution in [2.24, 2.45) is 5.92 Å². The lowest BCUT2D eigenvalue weighted by atomic mass is 9.98. The van der Waals surface area contributed by atoms with Crippen molar-refractivity contribution in [3.8, 4) is 0 Å². The molecule has 0 radical (unpaired) electrons. The summed E-state index contributed by atoms with van der Waals surface area (Å²) < 4.78 is 0. The molecule has 1 unspecified atom stereocenters. The first-order chi connectivity index (χ1) is 13.5. The molecule has 5 heteroatoms. The maximum Gasteiger partial charge on any atom is 0.240 e. The molecule has 0 saturated heterocycles. The number of rotatable bonds is 8. The molecule has 1 heterocycles. The van der Waals surface area contributed by atoms with E-state index in [0.29, 0.717) is 18.3 Å². The number of hydrogen-bond acceptors (Lipinski definition) is 3. The van der Waals surface area contributed by atoms with Gasteiger partial charge in [0.25, 0.3) is 0 Å². The predicted molar refractivity (Wildman–Crippen MR) is 114 cm³/mol. The van der Waals surface area contributed by atoms with Crippen LogP contribution in [-0.4, -0.2) is 18.4 Å². The number of hydrogen-bond donors (Lipinski definition) is 2. The highest BCUT2D eigenvalue weighted by molar-refractivity contribution is 7.10. The standard InChI is InChI=1S/C23H30N2O2S/c1-16(2)18-9-11-19(12-10-18)23(20-8-5-13-28-20)25-22(27)15-24-21(26)14-17-6-3-4-7-17/h5,8-13,16-17,23H,3-4,6-7,14-15H2,1-2H3,(H,24,26)(H,25,27). The van der Waals surface area contributed by atoms with Crippen LogP contribution in [-0.2, 0) is 9.59 Å². The quantitative estimate of drug-likeness (QED) is 0.673. The molecule has 2 aromatic rings. The van der Waals surface area contributed by atoms with E-state index in [0.717, 1.165) is 23.3 Å². The maximum atomic E-state index is 12.5. The first-order valence-electron chi connectivity index (χ1n) is 10.2. The molecule has 1 atom stereocenters. The first kappa shape index (κ1) is 20.6. The van der Waals surface area contributed by atoms with Crippen molar-refractivity contribution in [1.82, 2.24) is 10.6 Å². The van der Waals surface area contributed by atoms with Crippen LogP contribution in [0, 0.1) is 5.92 Å². The van der Waals surface area contributed by atoms with Crippen LogP contribution in [0.2, 0.25) is 0 Å². The van der Waals surface area contributed by atoms with Gasteiger partial charge in [-0.15, -0.1) is 11.3 Å². The van der Waals surface area contributed by atoms with Crippen LogP contribution >= 0.6 is 11.3 Å². The molecule has 28 heavy (non-hydrogen) atoms. The molecular formula is C23H30N2O2S. The van der Waals surface area contributed by atoms with Crippen molar-refractivity contribution in [2.45, 2.75) is 57.9 Å². The Bertz CT molecular complexity index is 762. The molecular weight excluding hydrogens is 368 g/mol. The predicted octanol–water partition coefficient (Wildman–Crippen LogP) is 4.77. The topological polar surface area (TPSA) is 58.2 Å². The number of thiophene rings is 1. The summed E-state index contributed by atoms with van der Waals surface area (Å²) in [6, 6.07) is 12.2. The minimum atomic E-state index is -0.194. The van der Waals surface area contributed by atoms with E-state index in [-0.39, 0.29) is 24.4 Å². The van der Waals surface area contributed by atoms with E-state index in [1.807, 2.05) is 17.5 Å². The minimum Gasteiger partial charge on any atom is -0.347 e. The molecule has 1 saturated carbocycles. The lowest BCUT2D eigenvalue weighted by molar-refractivity contribution is -0.126. The van der Waals surface area contributed by atoms with E-state index in [1.165, 1.54) is 18.4 Å². The summed E-state index contributed by atoms with van der Waals surface area (Å²) in [6.45, 7) is 4.36. The van der Waals surface area contributed by atoms with Crippen LogP contribution in [0.1, 0.15) is 73.9 Å². The molecule has 2 amide bonds. The van der Waals surface area contributed by atoms with E-state index >= 15 is 0 Å². The zero-order valence-electron chi connectivity index (χ0n) is 16.7. The number of benzene rings is 1. The van der Waals surface area contributed by atoms with Gasteiger partial charge < -0.3 is 10.6 Å². The summed E-state index contributed by atoms with van der Waals surface area (Å²) in [7, 11) is 0. The molecule has 4 nitrogen and oxygen atoms in total. The van der Waals surface area contributed by atoms with E-state index in [1.54, 1.807) is 11.3 Å². The van der Waals surface area contributed by atoms with E-state index in [2.05, 4.69) is 48.7 Å². The van der Waals surface area contributed by atoms with Gasteiger partial charge in [0.15, 0.2) is 0 Å². The zero-order chi connectivity index (χ0) is 19.9. The molecule has 1 aliphatic carbocycles. The lowest BCUT2D eigenvalue weighted by Gasteiger charge is -2.19. The Labute approximate surface area is 171 Å². The second-order valence-corrected chi connectivity index (χ2v) is 8.95. The maximum absolute atomic E-state index is 12.5. The second kappa shape index (κ2) is 9.87. The van der Waals surface area contributed by atoms with Gasteiger partial charge in [0.2, 0.25) is 11.8 Å². The number of amides is 2. The van der Waals surface area contributed by atoms with E-state index in [4.69, 9.17) is 0 Å². The van der Waals surface area contributed by atoms with Crippen molar-refractivity contribution in [2.75, 3.05) is 6.54 Å². The van der Waals surface area contributed by atoms with Gasteiger partial charge in [-0.25, -0.2) is 0 Å². The lowest BCUT2D eigenvalue weighted by Crippen LogP contribution is -2.39. The summed E-state index contributed by atoms with van der Waals surface area (Å²) in [5.41, 5.74) is 2.33. The highest BCUT2D eigenvalue weighted by Gasteiger charge is 2.21. The summed E-state index contributed by atoms with van der Waals surface area (Å²) in [5.74, 6) is 0.780. The second-order valence-electron chi connectivity index (χ2n) is 7.97. The van der Waals surface area contributed by atoms with Crippen LogP contribution in [0.3, 0.4) is 0 Å². The van der Waals surface area contributed by atoms with Gasteiger partial charge in [-0.1, -0.05) is 57.0 Å². The van der Waals surface area contributed by atoms with Gasteiger partial charge in [0, 0.05) is 11.3 Å². The molecule has 1 aromatic heterocycles. The van der Waals surface area contributed by atoms with Crippen LogP contribution in [0.25, 0.3) is 0 Å². The molecule has 2 N–H and O–H groups in total. The Morgan fingerprint density at radius 1 is 1.04 bits per heavy atom. The Morgan fingerprint density at radius 2 is 1.71 bits per heavy atom. The molecule has 0 aliphatic heterocycles. The summed E-state index contributed by atoms with van der Waals surface area (Å²) >= 11 is 1.62. The zero-order valence-corrected chi connectivity index (χ0v) is 17.6.